The predicted molar refractivity (Wildman–Crippen MR) is 101 cm³/mol. The fourth-order valence-electron chi connectivity index (χ4n) is 3.82. The third-order valence-electron chi connectivity index (χ3n) is 5.10. The molecule has 26 heavy (non-hydrogen) atoms. The standard InChI is InChI=1S/C18H20ClN3O3S/c19-14-6-2-3-7-15(14)20-18(23)17-13-5-1-4-8-16(13)22(21-17)12-9-10-26(24,25)11-12/h2-3,6-7,12H,1,4-5,8-11H2,(H,20,23). The van der Waals surface area contributed by atoms with Crippen molar-refractivity contribution in [3.8, 4) is 0 Å². The van der Waals surface area contributed by atoms with Crippen LogP contribution in [-0.2, 0) is 22.7 Å². The summed E-state index contributed by atoms with van der Waals surface area (Å²) in [7, 11) is -3.01. The molecule has 1 unspecified atom stereocenters. The third kappa shape index (κ3) is 3.25. The van der Waals surface area contributed by atoms with Crippen LogP contribution in [0.15, 0.2) is 24.3 Å². The van der Waals surface area contributed by atoms with Gasteiger partial charge in [-0.15, -0.1) is 0 Å². The molecule has 138 valence electrons. The van der Waals surface area contributed by atoms with E-state index in [0.717, 1.165) is 36.9 Å². The Kier molecular flexibility index (Phi) is 4.52. The first-order chi connectivity index (χ1) is 12.4. The summed E-state index contributed by atoms with van der Waals surface area (Å²) >= 11 is 6.13. The van der Waals surface area contributed by atoms with Crippen molar-refractivity contribution >= 4 is 33.0 Å². The van der Waals surface area contributed by atoms with Crippen LogP contribution in [0.5, 0.6) is 0 Å². The number of nitrogens with one attached hydrogen (secondary N) is 1. The molecule has 1 atom stereocenters. The topological polar surface area (TPSA) is 81.1 Å². The first kappa shape index (κ1) is 17.5. The minimum Gasteiger partial charge on any atom is -0.319 e. The van der Waals surface area contributed by atoms with Crippen LogP contribution in [0.2, 0.25) is 5.02 Å². The maximum absolute atomic E-state index is 12.8. The van der Waals surface area contributed by atoms with Gasteiger partial charge in [-0.3, -0.25) is 9.48 Å². The normalized spacial score (nSPS) is 21.3. The SMILES string of the molecule is O=C(Nc1ccccc1Cl)c1nn(C2CCS(=O)(=O)C2)c2c1CCCC2. The van der Waals surface area contributed by atoms with Crippen LogP contribution in [0.4, 0.5) is 5.69 Å². The minimum absolute atomic E-state index is 0.104. The number of anilines is 1. The molecule has 0 bridgehead atoms. The number of para-hydroxylation sites is 1. The molecule has 1 fully saturated rings. The molecule has 1 aromatic heterocycles. The fourth-order valence-corrected chi connectivity index (χ4v) is 5.70. The van der Waals surface area contributed by atoms with Gasteiger partial charge in [0.1, 0.15) is 0 Å². The number of sulfone groups is 1. The molecule has 1 aliphatic carbocycles. The summed E-state index contributed by atoms with van der Waals surface area (Å²) in [6.45, 7) is 0. The molecule has 1 N–H and O–H groups in total. The molecule has 1 amide bonds. The van der Waals surface area contributed by atoms with Gasteiger partial charge < -0.3 is 5.32 Å². The van der Waals surface area contributed by atoms with Crippen molar-refractivity contribution in [2.75, 3.05) is 16.8 Å². The maximum atomic E-state index is 12.8. The van der Waals surface area contributed by atoms with Gasteiger partial charge in [0.25, 0.3) is 5.91 Å². The molecule has 0 radical (unpaired) electrons. The highest BCUT2D eigenvalue weighted by Gasteiger charge is 2.34. The van der Waals surface area contributed by atoms with Crippen molar-refractivity contribution < 1.29 is 13.2 Å². The third-order valence-corrected chi connectivity index (χ3v) is 7.18. The van der Waals surface area contributed by atoms with Crippen LogP contribution < -0.4 is 5.32 Å². The Morgan fingerprint density at radius 1 is 1.23 bits per heavy atom. The zero-order valence-electron chi connectivity index (χ0n) is 14.2. The molecule has 2 aliphatic rings. The van der Waals surface area contributed by atoms with Crippen LogP contribution in [0.25, 0.3) is 0 Å². The van der Waals surface area contributed by atoms with Crippen molar-refractivity contribution in [2.24, 2.45) is 0 Å². The number of carbonyl (C=O) groups excluding carboxylic acids is 1. The summed E-state index contributed by atoms with van der Waals surface area (Å²) in [5.74, 6) is -0.00369. The van der Waals surface area contributed by atoms with E-state index >= 15 is 0 Å². The van der Waals surface area contributed by atoms with Crippen LogP contribution in [0.1, 0.15) is 47.1 Å². The maximum Gasteiger partial charge on any atom is 0.276 e. The predicted octanol–water partition coefficient (Wildman–Crippen LogP) is 3.03. The molecule has 6 nitrogen and oxygen atoms in total. The first-order valence-electron chi connectivity index (χ1n) is 8.81. The van der Waals surface area contributed by atoms with E-state index in [9.17, 15) is 13.2 Å². The van der Waals surface area contributed by atoms with E-state index in [1.54, 1.807) is 28.9 Å². The number of hydrogen-bond donors (Lipinski definition) is 1. The number of nitrogens with zero attached hydrogens (tertiary/aromatic N) is 2. The molecule has 1 saturated heterocycles. The molecular formula is C18H20ClN3O3S. The quantitative estimate of drug-likeness (QED) is 0.869. The van der Waals surface area contributed by atoms with E-state index in [-0.39, 0.29) is 23.5 Å². The van der Waals surface area contributed by atoms with Crippen LogP contribution in [0.3, 0.4) is 0 Å². The summed E-state index contributed by atoms with van der Waals surface area (Å²) in [6, 6.07) is 6.89. The van der Waals surface area contributed by atoms with Crippen LogP contribution in [0, 0.1) is 0 Å². The van der Waals surface area contributed by atoms with Gasteiger partial charge in [0.05, 0.1) is 28.3 Å². The Hall–Kier alpha value is -1.86. The minimum atomic E-state index is -3.01. The molecule has 1 aromatic carbocycles. The lowest BCUT2D eigenvalue weighted by atomic mass is 9.95. The van der Waals surface area contributed by atoms with Gasteiger partial charge in [-0.25, -0.2) is 8.42 Å². The number of halogens is 1. The van der Waals surface area contributed by atoms with Gasteiger partial charge in [-0.1, -0.05) is 23.7 Å². The molecule has 0 spiro atoms. The summed E-state index contributed by atoms with van der Waals surface area (Å²) in [5.41, 5.74) is 2.90. The number of hydrogen-bond acceptors (Lipinski definition) is 4. The average molecular weight is 394 g/mol. The van der Waals surface area contributed by atoms with E-state index in [1.807, 2.05) is 0 Å². The second-order valence-corrected chi connectivity index (χ2v) is 9.55. The van der Waals surface area contributed by atoms with Gasteiger partial charge in [-0.05, 0) is 44.2 Å². The van der Waals surface area contributed by atoms with Crippen molar-refractivity contribution in [2.45, 2.75) is 38.1 Å². The summed E-state index contributed by atoms with van der Waals surface area (Å²) in [5, 5.41) is 7.86. The molecule has 2 heterocycles. The van der Waals surface area contributed by atoms with E-state index in [4.69, 9.17) is 11.6 Å². The highest BCUT2D eigenvalue weighted by atomic mass is 35.5. The van der Waals surface area contributed by atoms with E-state index < -0.39 is 9.84 Å². The summed E-state index contributed by atoms with van der Waals surface area (Å²) in [4.78, 5) is 12.8. The lowest BCUT2D eigenvalue weighted by Crippen LogP contribution is -2.17. The molecule has 0 saturated carbocycles. The Bertz CT molecular complexity index is 968. The molecule has 2 aromatic rings. The van der Waals surface area contributed by atoms with E-state index in [1.165, 1.54) is 0 Å². The lowest BCUT2D eigenvalue weighted by molar-refractivity contribution is 0.102. The van der Waals surface area contributed by atoms with E-state index in [0.29, 0.717) is 22.8 Å². The number of carbonyl (C=O) groups is 1. The molecular weight excluding hydrogens is 374 g/mol. The summed E-state index contributed by atoms with van der Waals surface area (Å²) in [6.07, 6.45) is 4.22. The second kappa shape index (κ2) is 6.70. The number of aromatic nitrogens is 2. The second-order valence-electron chi connectivity index (χ2n) is 6.92. The van der Waals surface area contributed by atoms with Crippen LogP contribution >= 0.6 is 11.6 Å². The first-order valence-corrected chi connectivity index (χ1v) is 11.0. The zero-order valence-corrected chi connectivity index (χ0v) is 15.8. The monoisotopic (exact) mass is 393 g/mol. The van der Waals surface area contributed by atoms with Crippen molar-refractivity contribution in [1.29, 1.82) is 0 Å². The number of fused-ring (bicyclic) bond motifs is 1. The van der Waals surface area contributed by atoms with Crippen LogP contribution in [-0.4, -0.2) is 35.6 Å². The van der Waals surface area contributed by atoms with Crippen molar-refractivity contribution in [3.05, 3.63) is 46.2 Å². The average Bonchev–Trinajstić information content (AvgIpc) is 3.17. The molecule has 1 aliphatic heterocycles. The number of benzene rings is 1. The van der Waals surface area contributed by atoms with Gasteiger partial charge >= 0.3 is 0 Å². The number of amides is 1. The van der Waals surface area contributed by atoms with Gasteiger partial charge in [0.15, 0.2) is 15.5 Å². The van der Waals surface area contributed by atoms with Gasteiger partial charge in [0, 0.05) is 11.3 Å². The zero-order chi connectivity index (χ0) is 18.3. The Morgan fingerprint density at radius 2 is 2.00 bits per heavy atom. The Balaban J connectivity index is 1.68. The highest BCUT2D eigenvalue weighted by molar-refractivity contribution is 7.91. The number of rotatable bonds is 3. The summed E-state index contributed by atoms with van der Waals surface area (Å²) < 4.78 is 25.5. The Labute approximate surface area is 157 Å². The lowest BCUT2D eigenvalue weighted by Gasteiger charge is -2.17. The highest BCUT2D eigenvalue weighted by Crippen LogP contribution is 2.32. The fraction of sp³-hybridized carbons (Fsp3) is 0.444. The van der Waals surface area contributed by atoms with Gasteiger partial charge in [0.2, 0.25) is 0 Å². The van der Waals surface area contributed by atoms with Gasteiger partial charge in [-0.2, -0.15) is 5.10 Å². The van der Waals surface area contributed by atoms with Crippen molar-refractivity contribution in [3.63, 3.8) is 0 Å². The smallest absolute Gasteiger partial charge is 0.276 e. The largest absolute Gasteiger partial charge is 0.319 e. The van der Waals surface area contributed by atoms with E-state index in [2.05, 4.69) is 10.4 Å². The Morgan fingerprint density at radius 3 is 2.73 bits per heavy atom. The molecule has 4 rings (SSSR count). The van der Waals surface area contributed by atoms with Crippen molar-refractivity contribution in [1.82, 2.24) is 9.78 Å². The molecule has 8 heteroatoms.